The van der Waals surface area contributed by atoms with E-state index in [4.69, 9.17) is 12.2 Å². The second-order valence-corrected chi connectivity index (χ2v) is 6.73. The Balaban J connectivity index is 2.05. The number of hydrogen-bond acceptors (Lipinski definition) is 1. The first-order valence-electron chi connectivity index (χ1n) is 6.64. The Hall–Kier alpha value is -0.680. The smallest absolute Gasteiger partial charge is 0.178 e. The van der Waals surface area contributed by atoms with Gasteiger partial charge >= 0.3 is 0 Å². The first-order valence-corrected chi connectivity index (χ1v) is 7.84. The first-order chi connectivity index (χ1) is 9.06. The van der Waals surface area contributed by atoms with Gasteiger partial charge in [-0.3, -0.25) is 0 Å². The SMILES string of the molecule is CC1CCCC1Cn1c(=S)[nH]c2cc(F)c(Br)cc21. The first kappa shape index (κ1) is 13.3. The molecule has 0 amide bonds. The van der Waals surface area contributed by atoms with Crippen molar-refractivity contribution in [3.8, 4) is 0 Å². The summed E-state index contributed by atoms with van der Waals surface area (Å²) in [5, 5.41) is 0. The van der Waals surface area contributed by atoms with Crippen LogP contribution in [0.25, 0.3) is 11.0 Å². The quantitative estimate of drug-likeness (QED) is 0.758. The number of hydrogen-bond donors (Lipinski definition) is 1. The molecule has 1 aromatic heterocycles. The van der Waals surface area contributed by atoms with E-state index in [9.17, 15) is 4.39 Å². The summed E-state index contributed by atoms with van der Waals surface area (Å²) in [5.74, 6) is 1.16. The molecule has 2 unspecified atom stereocenters. The third-order valence-corrected chi connectivity index (χ3v) is 5.20. The second kappa shape index (κ2) is 5.02. The highest BCUT2D eigenvalue weighted by Crippen LogP contribution is 2.33. The van der Waals surface area contributed by atoms with Gasteiger partial charge in [0.25, 0.3) is 0 Å². The summed E-state index contributed by atoms with van der Waals surface area (Å²) >= 11 is 8.63. The molecule has 5 heteroatoms. The normalized spacial score (nSPS) is 23.3. The summed E-state index contributed by atoms with van der Waals surface area (Å²) in [5.41, 5.74) is 1.76. The fourth-order valence-electron chi connectivity index (χ4n) is 3.06. The number of aromatic nitrogens is 2. The molecule has 1 aliphatic carbocycles. The van der Waals surface area contributed by atoms with Crippen LogP contribution in [0.3, 0.4) is 0 Å². The Labute approximate surface area is 125 Å². The maximum atomic E-state index is 13.5. The molecule has 0 spiro atoms. The van der Waals surface area contributed by atoms with Gasteiger partial charge < -0.3 is 9.55 Å². The minimum Gasteiger partial charge on any atom is -0.330 e. The van der Waals surface area contributed by atoms with Crippen molar-refractivity contribution in [3.05, 3.63) is 27.2 Å². The zero-order valence-corrected chi connectivity index (χ0v) is 13.2. The lowest BCUT2D eigenvalue weighted by Crippen LogP contribution is -2.13. The number of benzene rings is 1. The van der Waals surface area contributed by atoms with E-state index in [1.165, 1.54) is 25.3 Å². The van der Waals surface area contributed by atoms with Crippen LogP contribution in [-0.2, 0) is 6.54 Å². The van der Waals surface area contributed by atoms with Crippen LogP contribution in [0.4, 0.5) is 4.39 Å². The van der Waals surface area contributed by atoms with Crippen molar-refractivity contribution in [2.75, 3.05) is 0 Å². The molecule has 2 nitrogen and oxygen atoms in total. The Morgan fingerprint density at radius 1 is 1.47 bits per heavy atom. The molecular weight excluding hydrogens is 327 g/mol. The number of H-pyrrole nitrogens is 1. The number of aromatic amines is 1. The summed E-state index contributed by atoms with van der Waals surface area (Å²) in [6.45, 7) is 3.24. The summed E-state index contributed by atoms with van der Waals surface area (Å²) in [7, 11) is 0. The van der Waals surface area contributed by atoms with Gasteiger partial charge in [-0.25, -0.2) is 4.39 Å². The molecule has 2 aromatic rings. The predicted octanol–water partition coefficient (Wildman–Crippen LogP) is 5.04. The summed E-state index contributed by atoms with van der Waals surface area (Å²) in [4.78, 5) is 3.10. The van der Waals surface area contributed by atoms with Crippen molar-refractivity contribution in [1.82, 2.24) is 9.55 Å². The predicted molar refractivity (Wildman–Crippen MR) is 81.3 cm³/mol. The highest BCUT2D eigenvalue weighted by molar-refractivity contribution is 9.10. The summed E-state index contributed by atoms with van der Waals surface area (Å²) in [6.07, 6.45) is 3.87. The molecule has 1 aromatic carbocycles. The minimum absolute atomic E-state index is 0.259. The zero-order valence-electron chi connectivity index (χ0n) is 10.7. The Bertz CT molecular complexity index is 676. The lowest BCUT2D eigenvalue weighted by molar-refractivity contribution is 0.366. The maximum absolute atomic E-state index is 13.5. The van der Waals surface area contributed by atoms with Crippen LogP contribution < -0.4 is 0 Å². The molecule has 102 valence electrons. The second-order valence-electron chi connectivity index (χ2n) is 5.49. The Kier molecular flexibility index (Phi) is 3.52. The maximum Gasteiger partial charge on any atom is 0.178 e. The molecular formula is C14H16BrFN2S. The van der Waals surface area contributed by atoms with Crippen molar-refractivity contribution < 1.29 is 4.39 Å². The molecule has 1 saturated carbocycles. The number of nitrogens with zero attached hydrogens (tertiary/aromatic N) is 1. The highest BCUT2D eigenvalue weighted by atomic mass is 79.9. The zero-order chi connectivity index (χ0) is 13.6. The molecule has 0 radical (unpaired) electrons. The van der Waals surface area contributed by atoms with E-state index in [1.54, 1.807) is 0 Å². The van der Waals surface area contributed by atoms with Gasteiger partial charge in [0.05, 0.1) is 15.5 Å². The van der Waals surface area contributed by atoms with Crippen molar-refractivity contribution >= 4 is 39.2 Å². The molecule has 0 saturated heterocycles. The van der Waals surface area contributed by atoms with Crippen molar-refractivity contribution in [2.45, 2.75) is 32.7 Å². The molecule has 19 heavy (non-hydrogen) atoms. The minimum atomic E-state index is -0.259. The van der Waals surface area contributed by atoms with Crippen LogP contribution in [0.5, 0.6) is 0 Å². The van der Waals surface area contributed by atoms with Gasteiger partial charge in [0.2, 0.25) is 0 Å². The lowest BCUT2D eigenvalue weighted by Gasteiger charge is -2.16. The van der Waals surface area contributed by atoms with Crippen LogP contribution in [0.15, 0.2) is 16.6 Å². The summed E-state index contributed by atoms with van der Waals surface area (Å²) < 4.78 is 16.8. The number of nitrogens with one attached hydrogen (secondary N) is 1. The van der Waals surface area contributed by atoms with Gasteiger partial charge in [-0.15, -0.1) is 0 Å². The molecule has 1 heterocycles. The lowest BCUT2D eigenvalue weighted by atomic mass is 9.98. The van der Waals surface area contributed by atoms with Crippen LogP contribution in [0.2, 0.25) is 0 Å². The van der Waals surface area contributed by atoms with E-state index >= 15 is 0 Å². The molecule has 1 aliphatic rings. The van der Waals surface area contributed by atoms with E-state index in [0.717, 1.165) is 23.5 Å². The Morgan fingerprint density at radius 3 is 2.95 bits per heavy atom. The van der Waals surface area contributed by atoms with E-state index in [1.807, 2.05) is 6.07 Å². The number of fused-ring (bicyclic) bond motifs is 1. The van der Waals surface area contributed by atoms with E-state index in [0.29, 0.717) is 15.2 Å². The van der Waals surface area contributed by atoms with Crippen molar-refractivity contribution in [3.63, 3.8) is 0 Å². The fraction of sp³-hybridized carbons (Fsp3) is 0.500. The van der Waals surface area contributed by atoms with Crippen LogP contribution in [0, 0.1) is 22.4 Å². The highest BCUT2D eigenvalue weighted by Gasteiger charge is 2.24. The summed E-state index contributed by atoms with van der Waals surface area (Å²) in [6, 6.07) is 3.32. The van der Waals surface area contributed by atoms with Gasteiger partial charge in [-0.1, -0.05) is 19.8 Å². The number of halogens is 2. The molecule has 1 fully saturated rings. The standard InChI is InChI=1S/C14H16BrFN2S/c1-8-3-2-4-9(8)7-18-13-5-10(15)11(16)6-12(13)17-14(18)19/h5-6,8-9H,2-4,7H2,1H3,(H,17,19). The van der Waals surface area contributed by atoms with E-state index in [2.05, 4.69) is 32.4 Å². The third-order valence-electron chi connectivity index (χ3n) is 4.27. The average Bonchev–Trinajstić information content (AvgIpc) is 2.88. The molecule has 0 bridgehead atoms. The molecule has 2 atom stereocenters. The third kappa shape index (κ3) is 2.38. The van der Waals surface area contributed by atoms with Gasteiger partial charge in [0.1, 0.15) is 5.82 Å². The fourth-order valence-corrected chi connectivity index (χ4v) is 3.68. The van der Waals surface area contributed by atoms with Crippen LogP contribution >= 0.6 is 28.1 Å². The van der Waals surface area contributed by atoms with Crippen LogP contribution in [-0.4, -0.2) is 9.55 Å². The number of imidazole rings is 1. The van der Waals surface area contributed by atoms with E-state index in [-0.39, 0.29) is 5.82 Å². The topological polar surface area (TPSA) is 20.7 Å². The molecule has 3 rings (SSSR count). The monoisotopic (exact) mass is 342 g/mol. The van der Waals surface area contributed by atoms with Gasteiger partial charge in [-0.2, -0.15) is 0 Å². The van der Waals surface area contributed by atoms with Gasteiger partial charge in [0.15, 0.2) is 4.77 Å². The molecule has 0 aliphatic heterocycles. The van der Waals surface area contributed by atoms with Crippen molar-refractivity contribution in [2.24, 2.45) is 11.8 Å². The van der Waals surface area contributed by atoms with Crippen LogP contribution in [0.1, 0.15) is 26.2 Å². The van der Waals surface area contributed by atoms with Gasteiger partial charge in [0, 0.05) is 12.6 Å². The average molecular weight is 343 g/mol. The molecule has 1 N–H and O–H groups in total. The van der Waals surface area contributed by atoms with Gasteiger partial charge in [-0.05, 0) is 52.5 Å². The number of rotatable bonds is 2. The Morgan fingerprint density at radius 2 is 2.26 bits per heavy atom. The largest absolute Gasteiger partial charge is 0.330 e. The van der Waals surface area contributed by atoms with E-state index < -0.39 is 0 Å². The van der Waals surface area contributed by atoms with Crippen molar-refractivity contribution in [1.29, 1.82) is 0 Å².